The molecule has 0 fully saturated rings. The second-order valence-electron chi connectivity index (χ2n) is 5.92. The summed E-state index contributed by atoms with van der Waals surface area (Å²) in [5, 5.41) is 2.65. The molecule has 0 aliphatic heterocycles. The fourth-order valence-corrected chi connectivity index (χ4v) is 2.51. The number of para-hydroxylation sites is 2. The van der Waals surface area contributed by atoms with Crippen LogP contribution in [-0.2, 0) is 9.53 Å². The summed E-state index contributed by atoms with van der Waals surface area (Å²) < 4.78 is 10.3. The van der Waals surface area contributed by atoms with Crippen LogP contribution in [-0.4, -0.2) is 35.6 Å². The summed E-state index contributed by atoms with van der Waals surface area (Å²) in [6.07, 6.45) is 0. The predicted molar refractivity (Wildman–Crippen MR) is 101 cm³/mol. The van der Waals surface area contributed by atoms with Crippen molar-refractivity contribution >= 4 is 28.6 Å². The first kappa shape index (κ1) is 18.3. The summed E-state index contributed by atoms with van der Waals surface area (Å²) in [6, 6.07) is 11.9. The molecule has 0 saturated carbocycles. The third-order valence-electron chi connectivity index (χ3n) is 4.03. The number of carbonyl (C=O) groups is 2. The Hall–Kier alpha value is -3.48. The smallest absolute Gasteiger partial charge is 0.338 e. The van der Waals surface area contributed by atoms with Crippen LogP contribution in [0.5, 0.6) is 5.75 Å². The topological polar surface area (TPSA) is 90.4 Å². The van der Waals surface area contributed by atoms with Crippen molar-refractivity contribution in [2.24, 2.45) is 0 Å². The fourth-order valence-electron chi connectivity index (χ4n) is 2.51. The Kier molecular flexibility index (Phi) is 5.30. The number of fused-ring (bicyclic) bond motifs is 1. The number of nitrogens with one attached hydrogen (secondary N) is 1. The van der Waals surface area contributed by atoms with Gasteiger partial charge in [0.1, 0.15) is 5.75 Å². The van der Waals surface area contributed by atoms with Crippen molar-refractivity contribution in [3.8, 4) is 5.75 Å². The van der Waals surface area contributed by atoms with Gasteiger partial charge in [-0.15, -0.1) is 0 Å². The number of aryl methyl sites for hydroxylation is 2. The highest BCUT2D eigenvalue weighted by Crippen LogP contribution is 2.22. The minimum atomic E-state index is -0.605. The quantitative estimate of drug-likeness (QED) is 0.699. The van der Waals surface area contributed by atoms with E-state index in [4.69, 9.17) is 9.47 Å². The number of aromatic nitrogens is 2. The summed E-state index contributed by atoms with van der Waals surface area (Å²) in [7, 11) is 1.51. The summed E-state index contributed by atoms with van der Waals surface area (Å²) in [6.45, 7) is 3.33. The number of amides is 1. The number of esters is 1. The van der Waals surface area contributed by atoms with Gasteiger partial charge in [-0.3, -0.25) is 4.79 Å². The molecule has 0 aliphatic carbocycles. The molecule has 0 spiro atoms. The van der Waals surface area contributed by atoms with Crippen LogP contribution in [0.1, 0.15) is 21.7 Å². The van der Waals surface area contributed by atoms with Crippen LogP contribution in [0.3, 0.4) is 0 Å². The molecule has 1 aromatic heterocycles. The van der Waals surface area contributed by atoms with Gasteiger partial charge >= 0.3 is 5.97 Å². The van der Waals surface area contributed by atoms with E-state index in [1.54, 1.807) is 42.5 Å². The van der Waals surface area contributed by atoms with Crippen LogP contribution < -0.4 is 10.1 Å². The molecule has 1 N–H and O–H groups in total. The maximum Gasteiger partial charge on any atom is 0.338 e. The van der Waals surface area contributed by atoms with Crippen molar-refractivity contribution in [1.29, 1.82) is 0 Å². The summed E-state index contributed by atoms with van der Waals surface area (Å²) >= 11 is 0. The number of nitrogens with zero attached hydrogens (tertiary/aromatic N) is 2. The first-order chi connectivity index (χ1) is 13.0. The molecule has 2 aromatic carbocycles. The average Bonchev–Trinajstić information content (AvgIpc) is 2.67. The third-order valence-corrected chi connectivity index (χ3v) is 4.03. The lowest BCUT2D eigenvalue weighted by molar-refractivity contribution is -0.119. The molecule has 1 amide bonds. The zero-order valence-electron chi connectivity index (χ0n) is 15.3. The van der Waals surface area contributed by atoms with Gasteiger partial charge in [-0.2, -0.15) is 0 Å². The van der Waals surface area contributed by atoms with E-state index < -0.39 is 18.5 Å². The Morgan fingerprint density at radius 1 is 1.00 bits per heavy atom. The molecule has 0 radical (unpaired) electrons. The number of anilines is 1. The molecule has 27 heavy (non-hydrogen) atoms. The molecule has 7 heteroatoms. The van der Waals surface area contributed by atoms with E-state index in [0.717, 1.165) is 11.4 Å². The van der Waals surface area contributed by atoms with E-state index in [1.165, 1.54) is 7.11 Å². The van der Waals surface area contributed by atoms with Crippen molar-refractivity contribution < 1.29 is 19.1 Å². The van der Waals surface area contributed by atoms with Crippen LogP contribution in [0.25, 0.3) is 11.0 Å². The molecule has 0 saturated heterocycles. The van der Waals surface area contributed by atoms with E-state index in [1.807, 2.05) is 13.8 Å². The largest absolute Gasteiger partial charge is 0.495 e. The van der Waals surface area contributed by atoms with Crippen molar-refractivity contribution in [3.63, 3.8) is 0 Å². The highest BCUT2D eigenvalue weighted by Gasteiger charge is 2.13. The van der Waals surface area contributed by atoms with Gasteiger partial charge in [0.25, 0.3) is 5.91 Å². The van der Waals surface area contributed by atoms with Gasteiger partial charge in [-0.1, -0.05) is 12.1 Å². The molecule has 1 heterocycles. The minimum Gasteiger partial charge on any atom is -0.495 e. The van der Waals surface area contributed by atoms with Crippen LogP contribution in [0.15, 0.2) is 42.5 Å². The average molecular weight is 365 g/mol. The summed E-state index contributed by atoms with van der Waals surface area (Å²) in [5.74, 6) is -0.539. The number of benzene rings is 2. The van der Waals surface area contributed by atoms with Gasteiger partial charge in [-0.05, 0) is 44.2 Å². The molecule has 138 valence electrons. The molecule has 0 unspecified atom stereocenters. The number of rotatable bonds is 5. The maximum atomic E-state index is 12.2. The Bertz CT molecular complexity index is 1020. The molecule has 7 nitrogen and oxygen atoms in total. The highest BCUT2D eigenvalue weighted by atomic mass is 16.5. The highest BCUT2D eigenvalue weighted by molar-refractivity contribution is 5.97. The first-order valence-electron chi connectivity index (χ1n) is 8.33. The number of carbonyl (C=O) groups excluding carboxylic acids is 2. The standard InChI is InChI=1S/C20H19N3O4/c1-12-13(2)22-17-10-14(8-9-15(17)21-12)20(25)27-11-19(24)23-16-6-4-5-7-18(16)26-3/h4-10H,11H2,1-3H3,(H,23,24). The van der Waals surface area contributed by atoms with Crippen LogP contribution in [0.4, 0.5) is 5.69 Å². The number of ether oxygens (including phenoxy) is 2. The third kappa shape index (κ3) is 4.20. The SMILES string of the molecule is COc1ccccc1NC(=O)COC(=O)c1ccc2nc(C)c(C)nc2c1. The van der Waals surface area contributed by atoms with E-state index in [9.17, 15) is 9.59 Å². The summed E-state index contributed by atoms with van der Waals surface area (Å²) in [4.78, 5) is 33.1. The lowest BCUT2D eigenvalue weighted by Crippen LogP contribution is -2.21. The number of methoxy groups -OCH3 is 1. The molecule has 3 rings (SSSR count). The van der Waals surface area contributed by atoms with Gasteiger partial charge < -0.3 is 14.8 Å². The second-order valence-corrected chi connectivity index (χ2v) is 5.92. The monoisotopic (exact) mass is 365 g/mol. The van der Waals surface area contributed by atoms with Crippen LogP contribution in [0.2, 0.25) is 0 Å². The van der Waals surface area contributed by atoms with Gasteiger partial charge in [0.15, 0.2) is 6.61 Å². The van der Waals surface area contributed by atoms with Crippen molar-refractivity contribution in [1.82, 2.24) is 9.97 Å². The molecular formula is C20H19N3O4. The van der Waals surface area contributed by atoms with Crippen molar-refractivity contribution in [2.45, 2.75) is 13.8 Å². The minimum absolute atomic E-state index is 0.310. The molecule has 0 bridgehead atoms. The van der Waals surface area contributed by atoms with Gasteiger partial charge in [-0.25, -0.2) is 14.8 Å². The van der Waals surface area contributed by atoms with Crippen LogP contribution >= 0.6 is 0 Å². The van der Waals surface area contributed by atoms with E-state index in [2.05, 4.69) is 15.3 Å². The predicted octanol–water partition coefficient (Wildman–Crippen LogP) is 3.05. The lowest BCUT2D eigenvalue weighted by atomic mass is 10.2. The van der Waals surface area contributed by atoms with Gasteiger partial charge in [0.2, 0.25) is 0 Å². The normalized spacial score (nSPS) is 10.5. The Morgan fingerprint density at radius 3 is 2.44 bits per heavy atom. The number of hydrogen-bond acceptors (Lipinski definition) is 6. The molecule has 3 aromatic rings. The van der Waals surface area contributed by atoms with E-state index in [-0.39, 0.29) is 0 Å². The molecule has 0 aliphatic rings. The molecule has 0 atom stereocenters. The van der Waals surface area contributed by atoms with Gasteiger partial charge in [0, 0.05) is 0 Å². The second kappa shape index (κ2) is 7.82. The Balaban J connectivity index is 1.66. The zero-order valence-corrected chi connectivity index (χ0v) is 15.3. The zero-order chi connectivity index (χ0) is 19.4. The van der Waals surface area contributed by atoms with Gasteiger partial charge in [0.05, 0.1) is 40.8 Å². The van der Waals surface area contributed by atoms with Crippen molar-refractivity contribution in [3.05, 3.63) is 59.4 Å². The van der Waals surface area contributed by atoms with E-state index >= 15 is 0 Å². The molecular weight excluding hydrogens is 346 g/mol. The number of hydrogen-bond donors (Lipinski definition) is 1. The fraction of sp³-hybridized carbons (Fsp3) is 0.200. The Morgan fingerprint density at radius 2 is 1.70 bits per heavy atom. The first-order valence-corrected chi connectivity index (χ1v) is 8.33. The maximum absolute atomic E-state index is 12.2. The van der Waals surface area contributed by atoms with E-state index in [0.29, 0.717) is 28.0 Å². The van der Waals surface area contributed by atoms with Crippen LogP contribution in [0, 0.1) is 13.8 Å². The summed E-state index contributed by atoms with van der Waals surface area (Å²) in [5.41, 5.74) is 3.75. The van der Waals surface area contributed by atoms with Crippen molar-refractivity contribution in [2.75, 3.05) is 19.0 Å². The lowest BCUT2D eigenvalue weighted by Gasteiger charge is -2.10. The Labute approximate surface area is 156 Å².